The van der Waals surface area contributed by atoms with E-state index in [4.69, 9.17) is 10.8 Å². The molecule has 0 aromatic heterocycles. The summed E-state index contributed by atoms with van der Waals surface area (Å²) in [7, 11) is 0. The molecule has 1 rings (SSSR count). The highest BCUT2D eigenvalue weighted by atomic mass is 19.1. The molecule has 0 amide bonds. The summed E-state index contributed by atoms with van der Waals surface area (Å²) in [5.41, 5.74) is 5.20. The van der Waals surface area contributed by atoms with Crippen molar-refractivity contribution in [2.45, 2.75) is 37.3 Å². The van der Waals surface area contributed by atoms with Crippen molar-refractivity contribution in [1.29, 1.82) is 0 Å². The van der Waals surface area contributed by atoms with Crippen molar-refractivity contribution in [2.24, 2.45) is 5.73 Å². The fourth-order valence-electron chi connectivity index (χ4n) is 1.12. The number of rotatable bonds is 0. The summed E-state index contributed by atoms with van der Waals surface area (Å²) in [6.45, 7) is 0. The molecular formula is C6H11F2NO. The van der Waals surface area contributed by atoms with Gasteiger partial charge < -0.3 is 10.8 Å². The molecule has 2 nitrogen and oxygen atoms in total. The third kappa shape index (κ3) is 1.44. The molecule has 0 bridgehead atoms. The van der Waals surface area contributed by atoms with Crippen molar-refractivity contribution in [3.63, 3.8) is 0 Å². The molecular weight excluding hydrogens is 140 g/mol. The highest BCUT2D eigenvalue weighted by Gasteiger charge is 2.34. The fraction of sp³-hybridized carbons (Fsp3) is 1.00. The van der Waals surface area contributed by atoms with Crippen LogP contribution in [0.25, 0.3) is 0 Å². The summed E-state index contributed by atoms with van der Waals surface area (Å²) in [4.78, 5) is 0. The number of halogens is 2. The molecule has 1 saturated carbocycles. The summed E-state index contributed by atoms with van der Waals surface area (Å²) in [6, 6.07) is -0.738. The van der Waals surface area contributed by atoms with Gasteiger partial charge in [-0.15, -0.1) is 0 Å². The van der Waals surface area contributed by atoms with E-state index in [0.29, 0.717) is 0 Å². The molecule has 0 saturated heterocycles. The van der Waals surface area contributed by atoms with E-state index in [-0.39, 0.29) is 12.8 Å². The van der Waals surface area contributed by atoms with E-state index in [2.05, 4.69) is 0 Å². The predicted octanol–water partition coefficient (Wildman–Crippen LogP) is 0.145. The normalized spacial score (nSPS) is 49.2. The van der Waals surface area contributed by atoms with Crippen LogP contribution in [0.3, 0.4) is 0 Å². The Kier molecular flexibility index (Phi) is 2.21. The first-order valence-corrected chi connectivity index (χ1v) is 3.33. The monoisotopic (exact) mass is 151 g/mol. The lowest BCUT2D eigenvalue weighted by molar-refractivity contribution is 0.00385. The summed E-state index contributed by atoms with van der Waals surface area (Å²) in [5.74, 6) is 0. The average molecular weight is 151 g/mol. The second-order valence-electron chi connectivity index (χ2n) is 2.73. The largest absolute Gasteiger partial charge is 0.390 e. The number of alkyl halides is 2. The molecule has 0 heterocycles. The molecule has 0 radical (unpaired) electrons. The van der Waals surface area contributed by atoms with E-state index in [1.54, 1.807) is 0 Å². The van der Waals surface area contributed by atoms with Gasteiger partial charge in [-0.25, -0.2) is 8.78 Å². The van der Waals surface area contributed by atoms with Crippen molar-refractivity contribution >= 4 is 0 Å². The molecule has 4 heteroatoms. The van der Waals surface area contributed by atoms with Crippen LogP contribution in [-0.2, 0) is 0 Å². The first-order chi connectivity index (χ1) is 4.61. The van der Waals surface area contributed by atoms with Gasteiger partial charge in [0.05, 0.1) is 6.10 Å². The van der Waals surface area contributed by atoms with Gasteiger partial charge in [0.25, 0.3) is 0 Å². The maximum absolute atomic E-state index is 12.5. The number of nitrogens with two attached hydrogens (primary N) is 1. The van der Waals surface area contributed by atoms with Crippen LogP contribution in [-0.4, -0.2) is 29.6 Å². The molecule has 1 aliphatic rings. The van der Waals surface area contributed by atoms with Gasteiger partial charge in [0, 0.05) is 12.5 Å². The average Bonchev–Trinajstić information content (AvgIpc) is 1.84. The van der Waals surface area contributed by atoms with Crippen LogP contribution < -0.4 is 5.73 Å². The molecule has 3 N–H and O–H groups in total. The molecule has 10 heavy (non-hydrogen) atoms. The van der Waals surface area contributed by atoms with Gasteiger partial charge in [0.1, 0.15) is 12.3 Å². The quantitative estimate of drug-likeness (QED) is 0.517. The zero-order valence-corrected chi connectivity index (χ0v) is 5.50. The second kappa shape index (κ2) is 2.80. The van der Waals surface area contributed by atoms with Gasteiger partial charge in [-0.3, -0.25) is 0 Å². The zero-order valence-electron chi connectivity index (χ0n) is 5.50. The Bertz CT molecular complexity index is 96.3. The number of aliphatic hydroxyl groups is 1. The molecule has 0 aromatic carbocycles. The standard InChI is InChI=1S/C6H11F2NO/c7-3-2-6(10)4(8)1-5(3)9/h3-6,10H,1-2,9H2. The molecule has 0 spiro atoms. The van der Waals surface area contributed by atoms with Crippen LogP contribution in [0, 0.1) is 0 Å². The SMILES string of the molecule is NC1CC(F)C(O)CC1F. The van der Waals surface area contributed by atoms with Gasteiger partial charge in [0.2, 0.25) is 0 Å². The maximum Gasteiger partial charge on any atom is 0.128 e. The highest BCUT2D eigenvalue weighted by Crippen LogP contribution is 2.22. The second-order valence-corrected chi connectivity index (χ2v) is 2.73. The Hall–Kier alpha value is -0.220. The van der Waals surface area contributed by atoms with Crippen LogP contribution in [0.2, 0.25) is 0 Å². The van der Waals surface area contributed by atoms with E-state index in [1.807, 2.05) is 0 Å². The van der Waals surface area contributed by atoms with Crippen molar-refractivity contribution in [3.05, 3.63) is 0 Å². The summed E-state index contributed by atoms with van der Waals surface area (Å²) >= 11 is 0. The Labute approximate surface area is 58.0 Å². The van der Waals surface area contributed by atoms with Crippen LogP contribution in [0.15, 0.2) is 0 Å². The number of hydrogen-bond donors (Lipinski definition) is 2. The molecule has 60 valence electrons. The fourth-order valence-corrected chi connectivity index (χ4v) is 1.12. The van der Waals surface area contributed by atoms with E-state index >= 15 is 0 Å². The third-order valence-corrected chi connectivity index (χ3v) is 1.85. The zero-order chi connectivity index (χ0) is 7.72. The van der Waals surface area contributed by atoms with Crippen molar-refractivity contribution < 1.29 is 13.9 Å². The van der Waals surface area contributed by atoms with E-state index in [1.165, 1.54) is 0 Å². The Morgan fingerprint density at radius 2 is 1.80 bits per heavy atom. The van der Waals surface area contributed by atoms with Crippen molar-refractivity contribution in [2.75, 3.05) is 0 Å². The predicted molar refractivity (Wildman–Crippen MR) is 33.0 cm³/mol. The third-order valence-electron chi connectivity index (χ3n) is 1.85. The van der Waals surface area contributed by atoms with Crippen LogP contribution in [0.1, 0.15) is 12.8 Å². The molecule has 1 aliphatic carbocycles. The Morgan fingerprint density at radius 1 is 1.20 bits per heavy atom. The summed E-state index contributed by atoms with van der Waals surface area (Å²) < 4.78 is 25.1. The van der Waals surface area contributed by atoms with E-state index < -0.39 is 24.5 Å². The van der Waals surface area contributed by atoms with Gasteiger partial charge in [-0.05, 0) is 6.42 Å². The molecule has 1 fully saturated rings. The Balaban J connectivity index is 2.46. The van der Waals surface area contributed by atoms with E-state index in [0.717, 1.165) is 0 Å². The minimum absolute atomic E-state index is 0.0671. The summed E-state index contributed by atoms with van der Waals surface area (Å²) in [5, 5.41) is 8.80. The van der Waals surface area contributed by atoms with Crippen molar-refractivity contribution in [3.8, 4) is 0 Å². The molecule has 0 aliphatic heterocycles. The van der Waals surface area contributed by atoms with E-state index in [9.17, 15) is 8.78 Å². The topological polar surface area (TPSA) is 46.2 Å². The maximum atomic E-state index is 12.5. The lowest BCUT2D eigenvalue weighted by Crippen LogP contribution is -2.45. The Morgan fingerprint density at radius 3 is 2.30 bits per heavy atom. The van der Waals surface area contributed by atoms with Gasteiger partial charge in [0.15, 0.2) is 0 Å². The summed E-state index contributed by atoms with van der Waals surface area (Å²) in [6.07, 6.45) is -3.98. The van der Waals surface area contributed by atoms with Gasteiger partial charge >= 0.3 is 0 Å². The van der Waals surface area contributed by atoms with Crippen LogP contribution in [0.5, 0.6) is 0 Å². The molecule has 0 aromatic rings. The van der Waals surface area contributed by atoms with Crippen molar-refractivity contribution in [1.82, 2.24) is 0 Å². The number of aliphatic hydroxyl groups excluding tert-OH is 1. The first kappa shape index (κ1) is 7.88. The van der Waals surface area contributed by atoms with Gasteiger partial charge in [-0.2, -0.15) is 0 Å². The minimum atomic E-state index is -1.35. The molecule has 4 atom stereocenters. The molecule has 4 unspecified atom stereocenters. The van der Waals surface area contributed by atoms with Crippen LogP contribution >= 0.6 is 0 Å². The van der Waals surface area contributed by atoms with Crippen LogP contribution in [0.4, 0.5) is 8.78 Å². The lowest BCUT2D eigenvalue weighted by atomic mass is 9.90. The number of hydrogen-bond acceptors (Lipinski definition) is 2. The highest BCUT2D eigenvalue weighted by molar-refractivity contribution is 4.87. The first-order valence-electron chi connectivity index (χ1n) is 3.33. The van der Waals surface area contributed by atoms with Gasteiger partial charge in [-0.1, -0.05) is 0 Å². The lowest BCUT2D eigenvalue weighted by Gasteiger charge is -2.28. The smallest absolute Gasteiger partial charge is 0.128 e. The minimum Gasteiger partial charge on any atom is -0.390 e.